The van der Waals surface area contributed by atoms with Crippen molar-refractivity contribution in [2.75, 3.05) is 13.2 Å². The molecule has 1 atom stereocenters. The van der Waals surface area contributed by atoms with Crippen LogP contribution in [0.25, 0.3) is 0 Å². The van der Waals surface area contributed by atoms with E-state index in [4.69, 9.17) is 9.47 Å². The second-order valence-electron chi connectivity index (χ2n) is 12.0. The van der Waals surface area contributed by atoms with Crippen molar-refractivity contribution >= 4 is 11.9 Å². The lowest BCUT2D eigenvalue weighted by atomic mass is 10.0. The number of hydrogen-bond acceptors (Lipinski definition) is 5. The Morgan fingerprint density at radius 3 is 1.26 bits per heavy atom. The highest BCUT2D eigenvalue weighted by Crippen LogP contribution is 2.13. The van der Waals surface area contributed by atoms with Gasteiger partial charge in [0.15, 0.2) is 0 Å². The van der Waals surface area contributed by atoms with Crippen molar-refractivity contribution < 1.29 is 24.2 Å². The van der Waals surface area contributed by atoms with Crippen LogP contribution in [0.5, 0.6) is 0 Å². The van der Waals surface area contributed by atoms with Gasteiger partial charge < -0.3 is 14.6 Å². The van der Waals surface area contributed by atoms with Crippen LogP contribution < -0.4 is 0 Å². The number of carbonyl (C=O) groups is 2. The van der Waals surface area contributed by atoms with Gasteiger partial charge in [0.05, 0.1) is 32.2 Å². The van der Waals surface area contributed by atoms with Crippen LogP contribution in [0, 0.1) is 0 Å². The zero-order chi connectivity index (χ0) is 30.8. The Hall–Kier alpha value is -1.62. The molecule has 0 aromatic heterocycles. The van der Waals surface area contributed by atoms with Gasteiger partial charge in [0.1, 0.15) is 0 Å². The minimum Gasteiger partial charge on any atom is -0.466 e. The first-order valence-electron chi connectivity index (χ1n) is 17.9. The van der Waals surface area contributed by atoms with E-state index in [0.29, 0.717) is 13.2 Å². The number of allylic oxidation sites excluding steroid dienone is 4. The van der Waals surface area contributed by atoms with E-state index in [2.05, 4.69) is 38.2 Å². The number of unbranched alkanes of at least 4 members (excludes halogenated alkanes) is 20. The Labute approximate surface area is 260 Å². The highest BCUT2D eigenvalue weighted by Gasteiger charge is 2.16. The summed E-state index contributed by atoms with van der Waals surface area (Å²) in [7, 11) is 0. The van der Waals surface area contributed by atoms with E-state index >= 15 is 0 Å². The average Bonchev–Trinajstić information content (AvgIpc) is 2.97. The van der Waals surface area contributed by atoms with Gasteiger partial charge >= 0.3 is 11.9 Å². The van der Waals surface area contributed by atoms with Crippen LogP contribution in [0.2, 0.25) is 0 Å². The van der Waals surface area contributed by atoms with Gasteiger partial charge in [-0.3, -0.25) is 9.59 Å². The van der Waals surface area contributed by atoms with Crippen molar-refractivity contribution in [2.24, 2.45) is 0 Å². The van der Waals surface area contributed by atoms with E-state index in [1.54, 1.807) is 0 Å². The maximum atomic E-state index is 11.9. The molecule has 5 heteroatoms. The molecular formula is C37H68O5. The third-order valence-electron chi connectivity index (χ3n) is 7.67. The lowest BCUT2D eigenvalue weighted by Crippen LogP contribution is -2.21. The van der Waals surface area contributed by atoms with Crippen molar-refractivity contribution in [2.45, 2.75) is 187 Å². The summed E-state index contributed by atoms with van der Waals surface area (Å²) in [5.41, 5.74) is 0. The molecular weight excluding hydrogens is 524 g/mol. The van der Waals surface area contributed by atoms with Crippen molar-refractivity contribution in [3.05, 3.63) is 24.3 Å². The smallest absolute Gasteiger partial charge is 0.308 e. The van der Waals surface area contributed by atoms with Crippen LogP contribution in [0.4, 0.5) is 0 Å². The molecule has 246 valence electrons. The second kappa shape index (κ2) is 33.9. The average molecular weight is 593 g/mol. The molecule has 0 saturated carbocycles. The van der Waals surface area contributed by atoms with Gasteiger partial charge in [-0.2, -0.15) is 0 Å². The molecule has 42 heavy (non-hydrogen) atoms. The monoisotopic (exact) mass is 593 g/mol. The minimum atomic E-state index is -1.04. The summed E-state index contributed by atoms with van der Waals surface area (Å²) >= 11 is 0. The van der Waals surface area contributed by atoms with Crippen molar-refractivity contribution in [1.29, 1.82) is 0 Å². The summed E-state index contributed by atoms with van der Waals surface area (Å²) in [5.74, 6) is -0.890. The van der Waals surface area contributed by atoms with Gasteiger partial charge in [-0.05, 0) is 44.9 Å². The zero-order valence-electron chi connectivity index (χ0n) is 27.8. The molecule has 0 aromatic carbocycles. The summed E-state index contributed by atoms with van der Waals surface area (Å²) in [5, 5.41) is 10.0. The van der Waals surface area contributed by atoms with Crippen LogP contribution in [0.1, 0.15) is 181 Å². The van der Waals surface area contributed by atoms with E-state index in [9.17, 15) is 14.7 Å². The fourth-order valence-electron chi connectivity index (χ4n) is 4.98. The summed E-state index contributed by atoms with van der Waals surface area (Å²) in [6.45, 7) is 5.26. The van der Waals surface area contributed by atoms with Gasteiger partial charge in [-0.25, -0.2) is 0 Å². The molecule has 0 radical (unpaired) electrons. The summed E-state index contributed by atoms with van der Waals surface area (Å²) in [6.07, 6.45) is 37.0. The summed E-state index contributed by atoms with van der Waals surface area (Å²) in [4.78, 5) is 23.9. The Morgan fingerprint density at radius 1 is 0.500 bits per heavy atom. The van der Waals surface area contributed by atoms with Crippen molar-refractivity contribution in [3.8, 4) is 0 Å². The molecule has 0 amide bonds. The van der Waals surface area contributed by atoms with E-state index in [0.717, 1.165) is 44.9 Å². The number of carbonyl (C=O) groups excluding carboxylic acids is 2. The van der Waals surface area contributed by atoms with Crippen LogP contribution in [-0.4, -0.2) is 36.4 Å². The van der Waals surface area contributed by atoms with Crippen molar-refractivity contribution in [3.63, 3.8) is 0 Å². The highest BCUT2D eigenvalue weighted by molar-refractivity contribution is 5.73. The molecule has 1 unspecified atom stereocenters. The Morgan fingerprint density at radius 2 is 0.833 bits per heavy atom. The van der Waals surface area contributed by atoms with Crippen LogP contribution in [0.3, 0.4) is 0 Å². The lowest BCUT2D eigenvalue weighted by molar-refractivity contribution is -0.149. The molecule has 0 bridgehead atoms. The first kappa shape index (κ1) is 40.4. The van der Waals surface area contributed by atoms with E-state index in [1.165, 1.54) is 109 Å². The second-order valence-corrected chi connectivity index (χ2v) is 12.0. The molecule has 0 aliphatic heterocycles. The molecule has 0 aliphatic carbocycles. The normalized spacial score (nSPS) is 12.4. The van der Waals surface area contributed by atoms with Gasteiger partial charge in [-0.15, -0.1) is 0 Å². The van der Waals surface area contributed by atoms with E-state index < -0.39 is 18.0 Å². The van der Waals surface area contributed by atoms with E-state index in [1.807, 2.05) is 0 Å². The molecule has 0 rings (SSSR count). The Kier molecular flexibility index (Phi) is 32.6. The number of esters is 2. The predicted molar refractivity (Wildman–Crippen MR) is 178 cm³/mol. The molecule has 0 aromatic rings. The van der Waals surface area contributed by atoms with Gasteiger partial charge in [0.2, 0.25) is 0 Å². The third-order valence-corrected chi connectivity index (χ3v) is 7.67. The van der Waals surface area contributed by atoms with Crippen LogP contribution >= 0.6 is 0 Å². The Bertz CT molecular complexity index is 642. The van der Waals surface area contributed by atoms with Crippen molar-refractivity contribution in [1.82, 2.24) is 0 Å². The predicted octanol–water partition coefficient (Wildman–Crippen LogP) is 10.7. The number of ether oxygens (including phenoxy) is 2. The lowest BCUT2D eigenvalue weighted by Gasteiger charge is -2.10. The fraction of sp³-hybridized carbons (Fsp3) is 0.838. The van der Waals surface area contributed by atoms with Gasteiger partial charge in [0, 0.05) is 0 Å². The molecule has 0 saturated heterocycles. The van der Waals surface area contributed by atoms with Crippen LogP contribution in [-0.2, 0) is 19.1 Å². The van der Waals surface area contributed by atoms with Crippen LogP contribution in [0.15, 0.2) is 24.3 Å². The SMILES string of the molecule is CCCCC/C=C\C/C=C/CCCCCCCOC(=O)CC(O)CC(=O)OCCCCCCCCCCCCCCC. The molecule has 0 aliphatic rings. The number of aliphatic hydroxyl groups is 1. The van der Waals surface area contributed by atoms with E-state index in [-0.39, 0.29) is 12.8 Å². The highest BCUT2D eigenvalue weighted by atomic mass is 16.5. The molecule has 0 fully saturated rings. The Balaban J connectivity index is 3.46. The standard InChI is InChI=1S/C37H68O5/c1-3-5-7-9-11-13-15-17-18-20-22-24-26-28-30-32-42-37(40)34-35(38)33-36(39)41-31-29-27-25-23-21-19-16-14-12-10-8-6-4-2/h11,13,17-18,35,38H,3-10,12,14-16,19-34H2,1-2H3/b13-11-,18-17+. The first-order valence-corrected chi connectivity index (χ1v) is 17.9. The molecule has 5 nitrogen and oxygen atoms in total. The maximum absolute atomic E-state index is 11.9. The molecule has 0 spiro atoms. The van der Waals surface area contributed by atoms with Gasteiger partial charge in [-0.1, -0.05) is 147 Å². The number of hydrogen-bond donors (Lipinski definition) is 1. The summed E-state index contributed by atoms with van der Waals surface area (Å²) in [6, 6.07) is 0. The zero-order valence-corrected chi connectivity index (χ0v) is 27.8. The third kappa shape index (κ3) is 32.9. The fourth-order valence-corrected chi connectivity index (χ4v) is 4.98. The topological polar surface area (TPSA) is 72.8 Å². The number of aliphatic hydroxyl groups excluding tert-OH is 1. The minimum absolute atomic E-state index is 0.156. The largest absolute Gasteiger partial charge is 0.466 e. The molecule has 1 N–H and O–H groups in total. The number of rotatable bonds is 32. The quantitative estimate of drug-likeness (QED) is 0.0478. The molecule has 0 heterocycles. The summed E-state index contributed by atoms with van der Waals surface area (Å²) < 4.78 is 10.5. The first-order chi connectivity index (χ1) is 20.6. The van der Waals surface area contributed by atoms with Gasteiger partial charge in [0.25, 0.3) is 0 Å². The maximum Gasteiger partial charge on any atom is 0.308 e.